The Labute approximate surface area is 227 Å². The van der Waals surface area contributed by atoms with E-state index in [0.29, 0.717) is 24.2 Å². The molecular formula is C33H56O4. The summed E-state index contributed by atoms with van der Waals surface area (Å²) in [6.45, 7) is 16.2. The quantitative estimate of drug-likeness (QED) is 0.255. The molecule has 0 unspecified atom stereocenters. The van der Waals surface area contributed by atoms with Crippen LogP contribution in [0.4, 0.5) is 0 Å². The van der Waals surface area contributed by atoms with Crippen LogP contribution in [0.5, 0.6) is 0 Å². The Morgan fingerprint density at radius 3 is 2.16 bits per heavy atom. The van der Waals surface area contributed by atoms with Crippen molar-refractivity contribution in [3.63, 3.8) is 0 Å². The lowest BCUT2D eigenvalue weighted by molar-refractivity contribution is 0.0283. The topological polar surface area (TPSA) is 80.9 Å². The van der Waals surface area contributed by atoms with E-state index in [1.807, 2.05) is 34.6 Å². The van der Waals surface area contributed by atoms with Gasteiger partial charge in [0.25, 0.3) is 0 Å². The van der Waals surface area contributed by atoms with Gasteiger partial charge in [-0.1, -0.05) is 63.8 Å². The Morgan fingerprint density at radius 1 is 1.00 bits per heavy atom. The zero-order valence-electron chi connectivity index (χ0n) is 24.6. The molecule has 3 aliphatic rings. The van der Waals surface area contributed by atoms with Gasteiger partial charge in [0.1, 0.15) is 0 Å². The number of rotatable bonds is 10. The molecule has 3 saturated carbocycles. The molecule has 4 heteroatoms. The summed E-state index contributed by atoms with van der Waals surface area (Å²) < 4.78 is 0. The monoisotopic (exact) mass is 516 g/mol. The molecule has 4 nitrogen and oxygen atoms in total. The van der Waals surface area contributed by atoms with Crippen LogP contribution in [0.3, 0.4) is 0 Å². The van der Waals surface area contributed by atoms with Crippen LogP contribution >= 0.6 is 0 Å². The van der Waals surface area contributed by atoms with Crippen molar-refractivity contribution in [2.24, 2.45) is 29.1 Å². The summed E-state index contributed by atoms with van der Waals surface area (Å²) in [5.41, 5.74) is 2.34. The summed E-state index contributed by atoms with van der Waals surface area (Å²) in [5.74, 6) is 1.71. The van der Waals surface area contributed by atoms with Gasteiger partial charge in [-0.25, -0.2) is 0 Å². The standard InChI is InChI=1S/C33H56O4/c1-22-26(21-29(34)23(2)30(22)35)15-14-25-13-10-20-33(7)27(16-17-28(25)33)24(11-8-18-31(3,4)36)12-9-19-32(5,6)37/h14-15,23-24,27-30,34-37H,1,8-13,16-21H2,2-7H3/b25-14+,26-15-/t23-,27+,28-,29+,30+,33+/m0/s1. The van der Waals surface area contributed by atoms with Gasteiger partial charge < -0.3 is 20.4 Å². The Bertz CT molecular complexity index is 821. The van der Waals surface area contributed by atoms with Crippen LogP contribution in [0.1, 0.15) is 119 Å². The van der Waals surface area contributed by atoms with E-state index in [-0.39, 0.29) is 11.3 Å². The van der Waals surface area contributed by atoms with E-state index in [4.69, 9.17) is 0 Å². The average molecular weight is 517 g/mol. The van der Waals surface area contributed by atoms with Gasteiger partial charge in [-0.3, -0.25) is 0 Å². The molecule has 3 rings (SSSR count). The van der Waals surface area contributed by atoms with Crippen molar-refractivity contribution in [3.8, 4) is 0 Å². The smallest absolute Gasteiger partial charge is 0.0837 e. The van der Waals surface area contributed by atoms with Gasteiger partial charge in [0.2, 0.25) is 0 Å². The third-order valence-corrected chi connectivity index (χ3v) is 10.1. The number of aliphatic hydroxyl groups excluding tert-OH is 2. The normalized spacial score (nSPS) is 35.5. The third-order valence-electron chi connectivity index (χ3n) is 10.1. The van der Waals surface area contributed by atoms with Crippen LogP contribution in [0, 0.1) is 29.1 Å². The lowest BCUT2D eigenvalue weighted by Gasteiger charge is -2.45. The first-order chi connectivity index (χ1) is 17.1. The predicted octanol–water partition coefficient (Wildman–Crippen LogP) is 6.87. The second kappa shape index (κ2) is 12.1. The van der Waals surface area contributed by atoms with Crippen molar-refractivity contribution in [2.75, 3.05) is 0 Å². The van der Waals surface area contributed by atoms with Gasteiger partial charge in [-0.2, -0.15) is 0 Å². The van der Waals surface area contributed by atoms with E-state index >= 15 is 0 Å². The molecule has 37 heavy (non-hydrogen) atoms. The van der Waals surface area contributed by atoms with E-state index in [1.165, 1.54) is 31.3 Å². The van der Waals surface area contributed by atoms with E-state index in [1.54, 1.807) is 0 Å². The first kappa shape index (κ1) is 30.6. The van der Waals surface area contributed by atoms with E-state index < -0.39 is 23.4 Å². The molecule has 0 heterocycles. The number of fused-ring (bicyclic) bond motifs is 1. The molecule has 6 atom stereocenters. The molecule has 3 aliphatic carbocycles. The van der Waals surface area contributed by atoms with Crippen molar-refractivity contribution in [2.45, 2.75) is 142 Å². The summed E-state index contributed by atoms with van der Waals surface area (Å²) in [6.07, 6.45) is 16.0. The highest BCUT2D eigenvalue weighted by atomic mass is 16.3. The van der Waals surface area contributed by atoms with Crippen LogP contribution in [-0.2, 0) is 0 Å². The zero-order valence-corrected chi connectivity index (χ0v) is 24.6. The molecule has 3 fully saturated rings. The van der Waals surface area contributed by atoms with Gasteiger partial charge in [-0.15, -0.1) is 0 Å². The minimum Gasteiger partial charge on any atom is -0.392 e. The average Bonchev–Trinajstić information content (AvgIpc) is 3.14. The largest absolute Gasteiger partial charge is 0.392 e. The number of hydrogen-bond acceptors (Lipinski definition) is 4. The highest BCUT2D eigenvalue weighted by Crippen LogP contribution is 2.60. The molecular weight excluding hydrogens is 460 g/mol. The summed E-state index contributed by atoms with van der Waals surface area (Å²) >= 11 is 0. The molecule has 0 spiro atoms. The predicted molar refractivity (Wildman–Crippen MR) is 153 cm³/mol. The molecule has 0 saturated heterocycles. The lowest BCUT2D eigenvalue weighted by Crippen LogP contribution is -2.37. The zero-order chi connectivity index (χ0) is 27.6. The summed E-state index contributed by atoms with van der Waals surface area (Å²) in [5, 5.41) is 41.5. The van der Waals surface area contributed by atoms with E-state index in [9.17, 15) is 20.4 Å². The second-order valence-corrected chi connectivity index (χ2v) is 14.3. The van der Waals surface area contributed by atoms with Crippen molar-refractivity contribution in [1.82, 2.24) is 0 Å². The molecule has 0 aliphatic heterocycles. The maximum Gasteiger partial charge on any atom is 0.0837 e. The Morgan fingerprint density at radius 2 is 1.59 bits per heavy atom. The van der Waals surface area contributed by atoms with Crippen molar-refractivity contribution in [3.05, 3.63) is 35.5 Å². The van der Waals surface area contributed by atoms with E-state index in [0.717, 1.165) is 56.1 Å². The lowest BCUT2D eigenvalue weighted by atomic mass is 9.60. The number of allylic oxidation sites excluding steroid dienone is 3. The fraction of sp³-hybridized carbons (Fsp3) is 0.818. The first-order valence-corrected chi connectivity index (χ1v) is 15.0. The molecule has 0 aromatic rings. The van der Waals surface area contributed by atoms with Crippen LogP contribution in [0.15, 0.2) is 35.5 Å². The molecule has 0 amide bonds. The number of aliphatic hydroxyl groups is 4. The maximum absolute atomic E-state index is 10.5. The molecule has 4 N–H and O–H groups in total. The minimum absolute atomic E-state index is 0.171. The van der Waals surface area contributed by atoms with Crippen LogP contribution in [-0.4, -0.2) is 43.8 Å². The molecule has 0 bridgehead atoms. The molecule has 0 aromatic heterocycles. The summed E-state index contributed by atoms with van der Waals surface area (Å²) in [7, 11) is 0. The highest BCUT2D eigenvalue weighted by molar-refractivity contribution is 5.39. The Hall–Kier alpha value is -0.940. The maximum atomic E-state index is 10.5. The van der Waals surface area contributed by atoms with Gasteiger partial charge >= 0.3 is 0 Å². The first-order valence-electron chi connectivity index (χ1n) is 15.0. The Kier molecular flexibility index (Phi) is 9.98. The summed E-state index contributed by atoms with van der Waals surface area (Å²) in [4.78, 5) is 0. The van der Waals surface area contributed by atoms with Crippen molar-refractivity contribution < 1.29 is 20.4 Å². The molecule has 0 radical (unpaired) electrons. The highest BCUT2D eigenvalue weighted by Gasteiger charge is 2.51. The third kappa shape index (κ3) is 7.81. The number of hydrogen-bond donors (Lipinski definition) is 4. The van der Waals surface area contributed by atoms with Crippen LogP contribution < -0.4 is 0 Å². The fourth-order valence-corrected chi connectivity index (χ4v) is 7.84. The van der Waals surface area contributed by atoms with Crippen molar-refractivity contribution in [1.29, 1.82) is 0 Å². The fourth-order valence-electron chi connectivity index (χ4n) is 7.84. The van der Waals surface area contributed by atoms with Gasteiger partial charge in [0.15, 0.2) is 0 Å². The SMILES string of the molecule is C=C1/C(=C\C=C2/CCC[C@]3(C)[C@@H](C(CCCC(C)(C)O)CCCC(C)(C)O)CC[C@@H]23)C[C@@H](O)[C@H](C)[C@@H]1O. The van der Waals surface area contributed by atoms with Gasteiger partial charge in [0.05, 0.1) is 23.4 Å². The molecule has 212 valence electrons. The van der Waals surface area contributed by atoms with Gasteiger partial charge in [-0.05, 0) is 113 Å². The molecule has 0 aromatic carbocycles. The summed E-state index contributed by atoms with van der Waals surface area (Å²) in [6, 6.07) is 0. The van der Waals surface area contributed by atoms with E-state index in [2.05, 4.69) is 25.7 Å². The van der Waals surface area contributed by atoms with Crippen LogP contribution in [0.2, 0.25) is 0 Å². The van der Waals surface area contributed by atoms with Crippen molar-refractivity contribution >= 4 is 0 Å². The van der Waals surface area contributed by atoms with Gasteiger partial charge in [0, 0.05) is 5.92 Å². The van der Waals surface area contributed by atoms with Crippen LogP contribution in [0.25, 0.3) is 0 Å². The second-order valence-electron chi connectivity index (χ2n) is 14.3. The Balaban J connectivity index is 1.77. The minimum atomic E-state index is -0.672.